The molecule has 158 valence electrons. The van der Waals surface area contributed by atoms with Crippen LogP contribution < -0.4 is 5.32 Å². The standard InChI is InChI=1S/C21H21F2N3O4/c1-13-8-15(14(2)26(13)6-7-29-3)9-16(11-24)21(28)30-12-20(27)25-19-5-4-17(22)10-18(19)23/h4-5,8-10H,6-7,12H2,1-3H3,(H,25,27)/b16-9+. The Hall–Kier alpha value is -3.51. The highest BCUT2D eigenvalue weighted by Crippen LogP contribution is 2.19. The van der Waals surface area contributed by atoms with E-state index in [1.165, 1.54) is 6.08 Å². The lowest BCUT2D eigenvalue weighted by Gasteiger charge is -2.08. The van der Waals surface area contributed by atoms with E-state index in [1.54, 1.807) is 13.2 Å². The van der Waals surface area contributed by atoms with Crippen LogP contribution in [0.3, 0.4) is 0 Å². The number of carbonyl (C=O) groups excluding carboxylic acids is 2. The third-order valence-corrected chi connectivity index (χ3v) is 4.31. The number of carbonyl (C=O) groups is 2. The summed E-state index contributed by atoms with van der Waals surface area (Å²) in [6.45, 7) is 4.13. The van der Waals surface area contributed by atoms with Crippen LogP contribution in [0.25, 0.3) is 6.08 Å². The highest BCUT2D eigenvalue weighted by Gasteiger charge is 2.16. The van der Waals surface area contributed by atoms with Gasteiger partial charge in [-0.3, -0.25) is 4.79 Å². The van der Waals surface area contributed by atoms with Crippen LogP contribution in [0.1, 0.15) is 17.0 Å². The number of halogens is 2. The van der Waals surface area contributed by atoms with E-state index in [1.807, 2.05) is 24.5 Å². The number of amides is 1. The summed E-state index contributed by atoms with van der Waals surface area (Å²) in [7, 11) is 1.60. The van der Waals surface area contributed by atoms with Gasteiger partial charge in [-0.1, -0.05) is 0 Å². The first kappa shape index (κ1) is 22.8. The summed E-state index contributed by atoms with van der Waals surface area (Å²) in [6, 6.07) is 6.21. The second-order valence-electron chi connectivity index (χ2n) is 6.39. The van der Waals surface area contributed by atoms with Crippen molar-refractivity contribution >= 4 is 23.6 Å². The Labute approximate surface area is 172 Å². The normalized spacial score (nSPS) is 11.1. The molecule has 0 spiro atoms. The summed E-state index contributed by atoms with van der Waals surface area (Å²) in [5.41, 5.74) is 1.89. The number of esters is 1. The first-order chi connectivity index (χ1) is 14.3. The Bertz CT molecular complexity index is 1020. The van der Waals surface area contributed by atoms with E-state index < -0.39 is 30.1 Å². The Morgan fingerprint density at radius 1 is 1.27 bits per heavy atom. The van der Waals surface area contributed by atoms with Crippen molar-refractivity contribution in [3.8, 4) is 6.07 Å². The number of benzene rings is 1. The van der Waals surface area contributed by atoms with Crippen molar-refractivity contribution in [3.05, 3.63) is 58.4 Å². The third-order valence-electron chi connectivity index (χ3n) is 4.31. The maximum absolute atomic E-state index is 13.6. The van der Waals surface area contributed by atoms with Crippen molar-refractivity contribution in [1.29, 1.82) is 5.26 Å². The molecule has 2 rings (SSSR count). The van der Waals surface area contributed by atoms with Crippen molar-refractivity contribution in [3.63, 3.8) is 0 Å². The Morgan fingerprint density at radius 3 is 2.63 bits per heavy atom. The molecule has 0 atom stereocenters. The average Bonchev–Trinajstić information content (AvgIpc) is 2.97. The number of rotatable bonds is 8. The molecule has 1 aromatic carbocycles. The number of aryl methyl sites for hydroxylation is 1. The summed E-state index contributed by atoms with van der Waals surface area (Å²) < 4.78 is 38.4. The average molecular weight is 417 g/mol. The predicted molar refractivity (Wildman–Crippen MR) is 105 cm³/mol. The van der Waals surface area contributed by atoms with Gasteiger partial charge in [-0.05, 0) is 43.7 Å². The Balaban J connectivity index is 2.04. The summed E-state index contributed by atoms with van der Waals surface area (Å²) in [5.74, 6) is -3.57. The molecule has 0 aliphatic carbocycles. The Kier molecular flexibility index (Phi) is 7.83. The number of hydrogen-bond acceptors (Lipinski definition) is 5. The molecule has 9 heteroatoms. The number of nitrogens with one attached hydrogen (secondary N) is 1. The summed E-state index contributed by atoms with van der Waals surface area (Å²) in [4.78, 5) is 24.0. The van der Waals surface area contributed by atoms with Crippen molar-refractivity contribution < 1.29 is 27.8 Å². The minimum Gasteiger partial charge on any atom is -0.451 e. The van der Waals surface area contributed by atoms with E-state index in [2.05, 4.69) is 5.32 Å². The topological polar surface area (TPSA) is 93.3 Å². The van der Waals surface area contributed by atoms with Gasteiger partial charge < -0.3 is 19.4 Å². The van der Waals surface area contributed by atoms with Gasteiger partial charge in [0, 0.05) is 31.1 Å². The van der Waals surface area contributed by atoms with Crippen LogP contribution in [0.15, 0.2) is 29.8 Å². The van der Waals surface area contributed by atoms with Gasteiger partial charge in [0.15, 0.2) is 6.61 Å². The smallest absolute Gasteiger partial charge is 0.349 e. The molecule has 0 saturated carbocycles. The molecule has 1 N–H and O–H groups in total. The van der Waals surface area contributed by atoms with Crippen LogP contribution in [-0.4, -0.2) is 36.8 Å². The molecule has 7 nitrogen and oxygen atoms in total. The fourth-order valence-corrected chi connectivity index (χ4v) is 2.78. The summed E-state index contributed by atoms with van der Waals surface area (Å²) in [6.07, 6.45) is 1.38. The van der Waals surface area contributed by atoms with E-state index in [0.29, 0.717) is 24.8 Å². The molecule has 2 aromatic rings. The molecule has 0 radical (unpaired) electrons. The van der Waals surface area contributed by atoms with Gasteiger partial charge in [-0.15, -0.1) is 0 Å². The first-order valence-electron chi connectivity index (χ1n) is 8.96. The number of anilines is 1. The molecule has 1 heterocycles. The van der Waals surface area contributed by atoms with Crippen LogP contribution in [0.4, 0.5) is 14.5 Å². The van der Waals surface area contributed by atoms with Gasteiger partial charge in [-0.2, -0.15) is 5.26 Å². The van der Waals surface area contributed by atoms with Crippen LogP contribution in [0, 0.1) is 36.8 Å². The Morgan fingerprint density at radius 2 is 2.00 bits per heavy atom. The zero-order valence-corrected chi connectivity index (χ0v) is 16.8. The number of ether oxygens (including phenoxy) is 2. The number of hydrogen-bond donors (Lipinski definition) is 1. The van der Waals surface area contributed by atoms with Gasteiger partial charge in [-0.25, -0.2) is 13.6 Å². The molecule has 0 unspecified atom stereocenters. The fraction of sp³-hybridized carbons (Fsp3) is 0.286. The third kappa shape index (κ3) is 5.75. The quantitative estimate of drug-likeness (QED) is 0.405. The van der Waals surface area contributed by atoms with Gasteiger partial charge in [0.1, 0.15) is 23.3 Å². The van der Waals surface area contributed by atoms with Crippen molar-refractivity contribution in [1.82, 2.24) is 4.57 Å². The lowest BCUT2D eigenvalue weighted by molar-refractivity contribution is -0.142. The van der Waals surface area contributed by atoms with E-state index in [4.69, 9.17) is 9.47 Å². The second-order valence-corrected chi connectivity index (χ2v) is 6.39. The summed E-state index contributed by atoms with van der Waals surface area (Å²) >= 11 is 0. The molecule has 0 fully saturated rings. The molecular weight excluding hydrogens is 396 g/mol. The predicted octanol–water partition coefficient (Wildman–Crippen LogP) is 3.12. The van der Waals surface area contributed by atoms with E-state index in [-0.39, 0.29) is 11.3 Å². The SMILES string of the molecule is COCCn1c(C)cc(/C=C(\C#N)C(=O)OCC(=O)Nc2ccc(F)cc2F)c1C. The minimum atomic E-state index is -0.992. The van der Waals surface area contributed by atoms with Crippen LogP contribution in [0.2, 0.25) is 0 Å². The first-order valence-corrected chi connectivity index (χ1v) is 8.96. The van der Waals surface area contributed by atoms with E-state index >= 15 is 0 Å². The molecule has 1 aromatic heterocycles. The van der Waals surface area contributed by atoms with Crippen molar-refractivity contribution in [2.45, 2.75) is 20.4 Å². The molecule has 1 amide bonds. The second kappa shape index (κ2) is 10.3. The van der Waals surface area contributed by atoms with Gasteiger partial charge >= 0.3 is 5.97 Å². The lowest BCUT2D eigenvalue weighted by atomic mass is 10.1. The zero-order chi connectivity index (χ0) is 22.3. The van der Waals surface area contributed by atoms with Gasteiger partial charge in [0.2, 0.25) is 0 Å². The maximum atomic E-state index is 13.6. The number of nitrogens with zero attached hydrogens (tertiary/aromatic N) is 2. The van der Waals surface area contributed by atoms with Crippen LogP contribution in [-0.2, 0) is 25.6 Å². The van der Waals surface area contributed by atoms with Crippen molar-refractivity contribution in [2.24, 2.45) is 0 Å². The van der Waals surface area contributed by atoms with Crippen LogP contribution in [0.5, 0.6) is 0 Å². The van der Waals surface area contributed by atoms with Gasteiger partial charge in [0.25, 0.3) is 5.91 Å². The molecule has 0 aliphatic heterocycles. The molecule has 0 saturated heterocycles. The molecular formula is C21H21F2N3O4. The lowest BCUT2D eigenvalue weighted by Crippen LogP contribution is -2.22. The minimum absolute atomic E-state index is 0.253. The van der Waals surface area contributed by atoms with E-state index in [9.17, 15) is 23.6 Å². The zero-order valence-electron chi connectivity index (χ0n) is 16.8. The monoisotopic (exact) mass is 417 g/mol. The molecule has 0 bridgehead atoms. The van der Waals surface area contributed by atoms with Gasteiger partial charge in [0.05, 0.1) is 12.3 Å². The molecule has 0 aliphatic rings. The highest BCUT2D eigenvalue weighted by molar-refractivity contribution is 6.00. The maximum Gasteiger partial charge on any atom is 0.349 e. The fourth-order valence-electron chi connectivity index (χ4n) is 2.78. The largest absolute Gasteiger partial charge is 0.451 e. The van der Waals surface area contributed by atoms with Crippen molar-refractivity contribution in [2.75, 3.05) is 25.6 Å². The van der Waals surface area contributed by atoms with E-state index in [0.717, 1.165) is 23.5 Å². The van der Waals surface area contributed by atoms with Crippen LogP contribution >= 0.6 is 0 Å². The number of aromatic nitrogens is 1. The molecule has 30 heavy (non-hydrogen) atoms. The number of nitriles is 1. The highest BCUT2D eigenvalue weighted by atomic mass is 19.1. The number of methoxy groups -OCH3 is 1. The summed E-state index contributed by atoms with van der Waals surface area (Å²) in [5, 5.41) is 11.5.